The first-order valence-electron chi connectivity index (χ1n) is 8.88. The van der Waals surface area contributed by atoms with Crippen LogP contribution >= 0.6 is 12.4 Å². The van der Waals surface area contributed by atoms with E-state index < -0.39 is 15.7 Å². The number of benzene rings is 1. The Kier molecular flexibility index (Phi) is 6.87. The summed E-state index contributed by atoms with van der Waals surface area (Å²) in [5.74, 6) is -0.432. The van der Waals surface area contributed by atoms with Gasteiger partial charge in [-0.05, 0) is 58.1 Å². The monoisotopic (exact) mass is 441 g/mol. The van der Waals surface area contributed by atoms with E-state index in [9.17, 15) is 12.8 Å². The molecule has 0 radical (unpaired) electrons. The highest BCUT2D eigenvalue weighted by molar-refractivity contribution is 7.91. The molecule has 0 saturated carbocycles. The van der Waals surface area contributed by atoms with Gasteiger partial charge in [-0.3, -0.25) is 0 Å². The molecule has 158 valence electrons. The second-order valence-corrected chi connectivity index (χ2v) is 8.82. The fourth-order valence-electron chi connectivity index (χ4n) is 3.20. The van der Waals surface area contributed by atoms with Crippen molar-refractivity contribution in [2.75, 3.05) is 33.0 Å². The normalized spacial score (nSPS) is 11.7. The molecule has 3 aromatic rings. The Morgan fingerprint density at radius 3 is 2.52 bits per heavy atom. The Hall–Kier alpha value is -2.23. The van der Waals surface area contributed by atoms with E-state index in [-0.39, 0.29) is 33.7 Å². The van der Waals surface area contributed by atoms with Crippen molar-refractivity contribution in [3.8, 4) is 0 Å². The molecule has 0 aliphatic heterocycles. The SMILES string of the molecule is CNc1nn2c(C)c(CCN(C)C)c(C)nc2c1S(=O)(=O)c1cccc(F)c1.Cl. The van der Waals surface area contributed by atoms with Crippen LogP contribution in [0.4, 0.5) is 10.2 Å². The molecule has 10 heteroatoms. The van der Waals surface area contributed by atoms with Crippen LogP contribution in [0.5, 0.6) is 0 Å². The molecule has 2 aromatic heterocycles. The Bertz CT molecular complexity index is 1150. The number of anilines is 1. The Balaban J connectivity index is 0.00000300. The highest BCUT2D eigenvalue weighted by Gasteiger charge is 2.30. The van der Waals surface area contributed by atoms with Crippen LogP contribution < -0.4 is 5.32 Å². The number of likely N-dealkylation sites (N-methyl/N-ethyl adjacent to an activating group) is 1. The number of fused-ring (bicyclic) bond motifs is 1. The van der Waals surface area contributed by atoms with Crippen LogP contribution in [0.15, 0.2) is 34.1 Å². The van der Waals surface area contributed by atoms with Crippen LogP contribution in [-0.2, 0) is 16.3 Å². The third kappa shape index (κ3) is 4.22. The lowest BCUT2D eigenvalue weighted by atomic mass is 10.1. The summed E-state index contributed by atoms with van der Waals surface area (Å²) in [4.78, 5) is 6.46. The molecule has 0 aliphatic rings. The summed E-state index contributed by atoms with van der Waals surface area (Å²) in [6.45, 7) is 4.60. The van der Waals surface area contributed by atoms with Crippen molar-refractivity contribution in [1.29, 1.82) is 0 Å². The molecule has 3 rings (SSSR count). The summed E-state index contributed by atoms with van der Waals surface area (Å²) in [7, 11) is 1.57. The zero-order valence-corrected chi connectivity index (χ0v) is 18.7. The summed E-state index contributed by atoms with van der Waals surface area (Å²) in [5, 5.41) is 7.27. The molecule has 1 N–H and O–H groups in total. The Labute approximate surface area is 176 Å². The maximum atomic E-state index is 13.6. The van der Waals surface area contributed by atoms with Gasteiger partial charge in [0.05, 0.1) is 4.90 Å². The molecule has 0 bridgehead atoms. The molecular formula is C19H25ClFN5O2S. The molecule has 0 saturated heterocycles. The van der Waals surface area contributed by atoms with Crippen LogP contribution in [-0.4, -0.2) is 55.6 Å². The van der Waals surface area contributed by atoms with Crippen molar-refractivity contribution in [2.45, 2.75) is 30.1 Å². The molecule has 1 aromatic carbocycles. The molecule has 2 heterocycles. The van der Waals surface area contributed by atoms with E-state index in [2.05, 4.69) is 20.3 Å². The zero-order valence-electron chi connectivity index (χ0n) is 17.0. The smallest absolute Gasteiger partial charge is 0.214 e. The van der Waals surface area contributed by atoms with Crippen LogP contribution in [0.2, 0.25) is 0 Å². The molecular weight excluding hydrogens is 417 g/mol. The number of hydrogen-bond acceptors (Lipinski definition) is 6. The van der Waals surface area contributed by atoms with Crippen molar-refractivity contribution < 1.29 is 12.8 Å². The van der Waals surface area contributed by atoms with Crippen LogP contribution in [0.25, 0.3) is 5.65 Å². The van der Waals surface area contributed by atoms with Gasteiger partial charge in [0.2, 0.25) is 9.84 Å². The fraction of sp³-hybridized carbons (Fsp3) is 0.368. The Morgan fingerprint density at radius 2 is 1.93 bits per heavy atom. The van der Waals surface area contributed by atoms with E-state index in [4.69, 9.17) is 0 Å². The van der Waals surface area contributed by atoms with E-state index in [1.54, 1.807) is 11.6 Å². The first-order valence-corrected chi connectivity index (χ1v) is 10.4. The molecule has 0 amide bonds. The summed E-state index contributed by atoms with van der Waals surface area (Å²) in [6, 6.07) is 4.95. The average Bonchev–Trinajstić information content (AvgIpc) is 3.00. The van der Waals surface area contributed by atoms with E-state index >= 15 is 0 Å². The van der Waals surface area contributed by atoms with Crippen LogP contribution in [0, 0.1) is 19.7 Å². The van der Waals surface area contributed by atoms with Gasteiger partial charge in [-0.1, -0.05) is 6.07 Å². The summed E-state index contributed by atoms with van der Waals surface area (Å²) in [5.41, 5.74) is 2.85. The van der Waals surface area contributed by atoms with Crippen molar-refractivity contribution in [3.63, 3.8) is 0 Å². The topological polar surface area (TPSA) is 79.6 Å². The minimum atomic E-state index is -4.02. The largest absolute Gasteiger partial charge is 0.370 e. The number of nitrogens with zero attached hydrogens (tertiary/aromatic N) is 4. The molecule has 29 heavy (non-hydrogen) atoms. The van der Waals surface area contributed by atoms with Crippen molar-refractivity contribution >= 4 is 33.7 Å². The number of halogens is 2. The van der Waals surface area contributed by atoms with Gasteiger partial charge < -0.3 is 10.2 Å². The quantitative estimate of drug-likeness (QED) is 0.633. The first kappa shape index (κ1) is 23.1. The minimum absolute atomic E-state index is 0. The van der Waals surface area contributed by atoms with Gasteiger partial charge in [0.1, 0.15) is 5.82 Å². The number of hydrogen-bond donors (Lipinski definition) is 1. The fourth-order valence-corrected chi connectivity index (χ4v) is 4.73. The maximum Gasteiger partial charge on any atom is 0.214 e. The van der Waals surface area contributed by atoms with E-state index in [0.29, 0.717) is 0 Å². The summed E-state index contributed by atoms with van der Waals surface area (Å²) in [6.07, 6.45) is 0.772. The number of sulfone groups is 1. The predicted molar refractivity (Wildman–Crippen MR) is 113 cm³/mol. The average molecular weight is 442 g/mol. The summed E-state index contributed by atoms with van der Waals surface area (Å²) >= 11 is 0. The van der Waals surface area contributed by atoms with Crippen molar-refractivity contribution in [1.82, 2.24) is 19.5 Å². The van der Waals surface area contributed by atoms with Gasteiger partial charge in [0.15, 0.2) is 16.4 Å². The van der Waals surface area contributed by atoms with Gasteiger partial charge in [-0.2, -0.15) is 0 Å². The number of rotatable bonds is 6. The van der Waals surface area contributed by atoms with Gasteiger partial charge in [-0.15, -0.1) is 17.5 Å². The molecule has 0 aliphatic carbocycles. The first-order chi connectivity index (χ1) is 13.2. The lowest BCUT2D eigenvalue weighted by Gasteiger charge is -2.14. The maximum absolute atomic E-state index is 13.6. The van der Waals surface area contributed by atoms with Crippen molar-refractivity contribution in [2.24, 2.45) is 0 Å². The second kappa shape index (κ2) is 8.64. The number of aromatic nitrogens is 3. The van der Waals surface area contributed by atoms with Gasteiger partial charge in [-0.25, -0.2) is 22.3 Å². The molecule has 0 unspecified atom stereocenters. The lowest BCUT2D eigenvalue weighted by molar-refractivity contribution is 0.412. The van der Waals surface area contributed by atoms with Crippen LogP contribution in [0.1, 0.15) is 17.0 Å². The van der Waals surface area contributed by atoms with Gasteiger partial charge in [0, 0.05) is 25.0 Å². The zero-order chi connectivity index (χ0) is 20.6. The predicted octanol–water partition coefficient (Wildman–Crippen LogP) is 2.89. The molecule has 7 nitrogen and oxygen atoms in total. The molecule has 0 spiro atoms. The highest BCUT2D eigenvalue weighted by Crippen LogP contribution is 2.32. The molecule has 0 fully saturated rings. The number of nitrogens with one attached hydrogen (secondary N) is 1. The summed E-state index contributed by atoms with van der Waals surface area (Å²) < 4.78 is 41.7. The standard InChI is InChI=1S/C19H24FN5O2S.ClH/c1-12-16(9-10-24(4)5)13(2)25-19(22-12)17(18(21-3)23-25)28(26,27)15-8-6-7-14(20)11-15;/h6-8,11H,9-10H2,1-5H3,(H,21,23);1H. The van der Waals surface area contributed by atoms with Gasteiger partial charge in [0.25, 0.3) is 0 Å². The van der Waals surface area contributed by atoms with Crippen molar-refractivity contribution in [3.05, 3.63) is 47.0 Å². The Morgan fingerprint density at radius 1 is 1.24 bits per heavy atom. The van der Waals surface area contributed by atoms with E-state index in [1.165, 1.54) is 18.2 Å². The lowest BCUT2D eigenvalue weighted by Crippen LogP contribution is -2.17. The van der Waals surface area contributed by atoms with Crippen LogP contribution in [0.3, 0.4) is 0 Å². The third-order valence-corrected chi connectivity index (χ3v) is 6.49. The number of aryl methyl sites for hydroxylation is 2. The third-order valence-electron chi connectivity index (χ3n) is 4.70. The van der Waals surface area contributed by atoms with E-state index in [1.807, 2.05) is 27.9 Å². The highest BCUT2D eigenvalue weighted by atomic mass is 35.5. The second-order valence-electron chi connectivity index (χ2n) is 6.94. The minimum Gasteiger partial charge on any atom is -0.370 e. The van der Waals surface area contributed by atoms with E-state index in [0.717, 1.165) is 36.0 Å². The molecule has 0 atom stereocenters. The van der Waals surface area contributed by atoms with Gasteiger partial charge >= 0.3 is 0 Å².